The summed E-state index contributed by atoms with van der Waals surface area (Å²) >= 11 is 0. The van der Waals surface area contributed by atoms with E-state index in [1.54, 1.807) is 6.20 Å². The number of benzene rings is 2. The fraction of sp³-hybridized carbons (Fsp3) is 0.333. The molecule has 0 fully saturated rings. The van der Waals surface area contributed by atoms with Gasteiger partial charge in [-0.3, -0.25) is 0 Å². The highest BCUT2D eigenvalue weighted by Crippen LogP contribution is 2.14. The number of imidazole rings is 1. The van der Waals surface area contributed by atoms with Crippen LogP contribution < -0.4 is 10.6 Å². The van der Waals surface area contributed by atoms with Crippen LogP contribution in [0.15, 0.2) is 72.2 Å². The maximum absolute atomic E-state index is 4.75. The topological polar surface area (TPSA) is 54.2 Å². The lowest BCUT2D eigenvalue weighted by molar-refractivity contribution is 0.699. The number of hydrogen-bond acceptors (Lipinski definition) is 2. The summed E-state index contributed by atoms with van der Waals surface area (Å²) in [6.07, 6.45) is 5.62. The van der Waals surface area contributed by atoms with Crippen molar-refractivity contribution in [1.29, 1.82) is 0 Å². The van der Waals surface area contributed by atoms with Crippen LogP contribution >= 0.6 is 24.0 Å². The van der Waals surface area contributed by atoms with Crippen LogP contribution in [0, 0.1) is 6.92 Å². The van der Waals surface area contributed by atoms with E-state index in [2.05, 4.69) is 89.5 Å². The molecule has 2 aromatic carbocycles. The largest absolute Gasteiger partial charge is 0.357 e. The molecule has 2 N–H and O–H groups in total. The molecule has 0 radical (unpaired) electrons. The lowest BCUT2D eigenvalue weighted by Crippen LogP contribution is -2.39. The van der Waals surface area contributed by atoms with E-state index in [1.165, 1.54) is 22.3 Å². The quantitative estimate of drug-likeness (QED) is 0.259. The normalized spacial score (nSPS) is 12.2. The summed E-state index contributed by atoms with van der Waals surface area (Å²) in [6.45, 7) is 9.62. The minimum Gasteiger partial charge on any atom is -0.357 e. The number of nitrogens with one attached hydrogen (secondary N) is 2. The number of rotatable bonds is 8. The molecule has 3 aromatic rings. The molecule has 1 atom stereocenters. The Morgan fingerprint density at radius 2 is 1.73 bits per heavy atom. The molecule has 0 bridgehead atoms. The Labute approximate surface area is 197 Å². The van der Waals surface area contributed by atoms with Crippen LogP contribution in [0.2, 0.25) is 0 Å². The van der Waals surface area contributed by atoms with Gasteiger partial charge in [-0.2, -0.15) is 0 Å². The van der Waals surface area contributed by atoms with E-state index < -0.39 is 0 Å². The first kappa shape index (κ1) is 23.9. The molecule has 1 aromatic heterocycles. The van der Waals surface area contributed by atoms with Crippen molar-refractivity contribution in [2.24, 2.45) is 4.99 Å². The first-order valence-electron chi connectivity index (χ1n) is 10.3. The van der Waals surface area contributed by atoms with E-state index >= 15 is 0 Å². The minimum atomic E-state index is 0. The number of nitrogens with zero attached hydrogens (tertiary/aromatic N) is 3. The van der Waals surface area contributed by atoms with Crippen molar-refractivity contribution in [3.05, 3.63) is 89.5 Å². The average Bonchev–Trinajstić information content (AvgIpc) is 3.24. The maximum Gasteiger partial charge on any atom is 0.191 e. The van der Waals surface area contributed by atoms with E-state index in [1.807, 2.05) is 12.5 Å². The standard InChI is InChI=1S/C24H31N5.HI/c1-4-26-24(27-15-20(3)23-11-5-19(2)6-12-23)28-16-21-7-9-22(10-8-21)17-29-14-13-25-18-29;/h5-14,18,20H,4,15-17H2,1-3H3,(H2,26,27,28);1H. The van der Waals surface area contributed by atoms with Crippen LogP contribution in [-0.4, -0.2) is 28.6 Å². The zero-order chi connectivity index (χ0) is 20.5. The molecule has 0 amide bonds. The third-order valence-corrected chi connectivity index (χ3v) is 4.93. The minimum absolute atomic E-state index is 0. The van der Waals surface area contributed by atoms with Crippen molar-refractivity contribution in [1.82, 2.24) is 20.2 Å². The predicted molar refractivity (Wildman–Crippen MR) is 136 cm³/mol. The second kappa shape index (κ2) is 12.4. The Morgan fingerprint density at radius 3 is 2.37 bits per heavy atom. The van der Waals surface area contributed by atoms with Crippen LogP contribution in [0.4, 0.5) is 0 Å². The van der Waals surface area contributed by atoms with Gasteiger partial charge in [-0.25, -0.2) is 9.98 Å². The average molecular weight is 517 g/mol. The first-order chi connectivity index (χ1) is 14.1. The SMILES string of the molecule is CCNC(=NCc1ccc(Cn2ccnc2)cc1)NCC(C)c1ccc(C)cc1.I. The molecule has 0 spiro atoms. The van der Waals surface area contributed by atoms with Gasteiger partial charge in [0.25, 0.3) is 0 Å². The second-order valence-corrected chi connectivity index (χ2v) is 7.44. The third kappa shape index (κ3) is 7.48. The smallest absolute Gasteiger partial charge is 0.191 e. The van der Waals surface area contributed by atoms with Crippen molar-refractivity contribution in [3.63, 3.8) is 0 Å². The Bertz CT molecular complexity index is 886. The number of hydrogen-bond donors (Lipinski definition) is 2. The lowest BCUT2D eigenvalue weighted by Gasteiger charge is -2.16. The fourth-order valence-electron chi connectivity index (χ4n) is 3.12. The Balaban J connectivity index is 0.00000320. The summed E-state index contributed by atoms with van der Waals surface area (Å²) in [4.78, 5) is 8.83. The molecule has 1 unspecified atom stereocenters. The van der Waals surface area contributed by atoms with Gasteiger partial charge < -0.3 is 15.2 Å². The summed E-state index contributed by atoms with van der Waals surface area (Å²) in [7, 11) is 0. The summed E-state index contributed by atoms with van der Waals surface area (Å²) in [5.41, 5.74) is 5.09. The van der Waals surface area contributed by atoms with Gasteiger partial charge in [0.2, 0.25) is 0 Å². The van der Waals surface area contributed by atoms with E-state index in [0.29, 0.717) is 12.5 Å². The van der Waals surface area contributed by atoms with Crippen molar-refractivity contribution in [2.45, 2.75) is 39.8 Å². The maximum atomic E-state index is 4.75. The molecule has 0 aliphatic heterocycles. The Hall–Kier alpha value is -2.35. The highest BCUT2D eigenvalue weighted by Gasteiger charge is 2.06. The molecule has 0 aliphatic carbocycles. The van der Waals surface area contributed by atoms with E-state index in [4.69, 9.17) is 4.99 Å². The first-order valence-corrected chi connectivity index (χ1v) is 10.3. The van der Waals surface area contributed by atoms with E-state index in [0.717, 1.165) is 25.6 Å². The number of halogens is 1. The second-order valence-electron chi connectivity index (χ2n) is 7.44. The molecule has 5 nitrogen and oxygen atoms in total. The molecule has 1 heterocycles. The highest BCUT2D eigenvalue weighted by molar-refractivity contribution is 14.0. The van der Waals surface area contributed by atoms with Crippen molar-refractivity contribution < 1.29 is 0 Å². The lowest BCUT2D eigenvalue weighted by atomic mass is 10.0. The van der Waals surface area contributed by atoms with Gasteiger partial charge in [-0.1, -0.05) is 61.0 Å². The molecule has 30 heavy (non-hydrogen) atoms. The van der Waals surface area contributed by atoms with Gasteiger partial charge in [0.05, 0.1) is 12.9 Å². The monoisotopic (exact) mass is 517 g/mol. The summed E-state index contributed by atoms with van der Waals surface area (Å²) in [6, 6.07) is 17.4. The molecule has 6 heteroatoms. The van der Waals surface area contributed by atoms with Crippen LogP contribution in [-0.2, 0) is 13.1 Å². The summed E-state index contributed by atoms with van der Waals surface area (Å²) in [5, 5.41) is 6.81. The number of aliphatic imine (C=N–C) groups is 1. The molecule has 3 rings (SSSR count). The Kier molecular flexibility index (Phi) is 9.86. The molecule has 0 saturated heterocycles. The van der Waals surface area contributed by atoms with Gasteiger partial charge in [0.1, 0.15) is 0 Å². The number of aromatic nitrogens is 2. The molecule has 0 aliphatic rings. The highest BCUT2D eigenvalue weighted by atomic mass is 127. The zero-order valence-corrected chi connectivity index (χ0v) is 20.3. The molecule has 160 valence electrons. The van der Waals surface area contributed by atoms with Gasteiger partial charge in [-0.15, -0.1) is 24.0 Å². The number of guanidine groups is 1. The predicted octanol–water partition coefficient (Wildman–Crippen LogP) is 4.72. The molecular formula is C24H32IN5. The van der Waals surface area contributed by atoms with Crippen LogP contribution in [0.5, 0.6) is 0 Å². The van der Waals surface area contributed by atoms with Crippen LogP contribution in [0.1, 0.15) is 42.0 Å². The van der Waals surface area contributed by atoms with Crippen LogP contribution in [0.25, 0.3) is 0 Å². The van der Waals surface area contributed by atoms with Crippen molar-refractivity contribution in [3.8, 4) is 0 Å². The Morgan fingerprint density at radius 1 is 1.03 bits per heavy atom. The summed E-state index contributed by atoms with van der Waals surface area (Å²) in [5.74, 6) is 1.27. The third-order valence-electron chi connectivity index (χ3n) is 4.93. The van der Waals surface area contributed by atoms with Gasteiger partial charge in [0.15, 0.2) is 5.96 Å². The summed E-state index contributed by atoms with van der Waals surface area (Å²) < 4.78 is 2.07. The van der Waals surface area contributed by atoms with Gasteiger partial charge in [-0.05, 0) is 36.5 Å². The van der Waals surface area contributed by atoms with E-state index in [9.17, 15) is 0 Å². The van der Waals surface area contributed by atoms with Gasteiger partial charge >= 0.3 is 0 Å². The molecular weight excluding hydrogens is 485 g/mol. The zero-order valence-electron chi connectivity index (χ0n) is 18.0. The van der Waals surface area contributed by atoms with Crippen LogP contribution in [0.3, 0.4) is 0 Å². The fourth-order valence-corrected chi connectivity index (χ4v) is 3.12. The van der Waals surface area contributed by atoms with Crippen molar-refractivity contribution >= 4 is 29.9 Å². The molecule has 0 saturated carbocycles. The van der Waals surface area contributed by atoms with E-state index in [-0.39, 0.29) is 24.0 Å². The van der Waals surface area contributed by atoms with Crippen molar-refractivity contribution in [2.75, 3.05) is 13.1 Å². The van der Waals surface area contributed by atoms with Gasteiger partial charge in [0, 0.05) is 32.0 Å². The number of aryl methyl sites for hydroxylation is 1.